The molecule has 2 heterocycles. The molecule has 3 aliphatic rings. The molecule has 11 nitrogen and oxygen atoms in total. The molecule has 1 aliphatic carbocycles. The molecule has 2 aliphatic heterocycles. The number of likely N-dealkylation sites (tertiary alicyclic amines) is 1. The number of amides is 3. The van der Waals surface area contributed by atoms with E-state index >= 15 is 0 Å². The van der Waals surface area contributed by atoms with Gasteiger partial charge in [0.1, 0.15) is 0 Å². The third-order valence-electron chi connectivity index (χ3n) is 11.6. The van der Waals surface area contributed by atoms with Crippen molar-refractivity contribution in [3.05, 3.63) is 89.5 Å². The molecule has 3 aromatic carbocycles. The number of nitrogens with one attached hydrogen (secondary N) is 3. The van der Waals surface area contributed by atoms with E-state index in [2.05, 4.69) is 20.9 Å². The molecule has 3 amide bonds. The number of rotatable bonds is 15. The number of carbonyl (C=O) groups is 3. The van der Waals surface area contributed by atoms with Gasteiger partial charge >= 0.3 is 0 Å². The molecule has 308 valence electrons. The number of nitrogens with two attached hydrogens (primary N) is 1. The van der Waals surface area contributed by atoms with Gasteiger partial charge in [0.05, 0.1) is 36.2 Å². The molecule has 3 fully saturated rings. The Hall–Kier alpha value is -4.29. The van der Waals surface area contributed by atoms with E-state index in [4.69, 9.17) is 15.2 Å². The van der Waals surface area contributed by atoms with E-state index in [1.54, 1.807) is 12.1 Å². The Bertz CT molecular complexity index is 1780. The molecule has 3 aromatic rings. The van der Waals surface area contributed by atoms with Crippen LogP contribution in [0, 0.1) is 5.92 Å². The summed E-state index contributed by atoms with van der Waals surface area (Å²) in [5.41, 5.74) is 10.2. The van der Waals surface area contributed by atoms with Crippen molar-refractivity contribution in [1.82, 2.24) is 10.2 Å². The zero-order chi connectivity index (χ0) is 40.4. The number of nitrogens with zero attached hydrogens (tertiary/aromatic N) is 1. The number of nitrogen functional groups attached to an aromatic ring is 1. The Balaban J connectivity index is 1.06. The number of aliphatic hydroxyl groups excluding tert-OH is 1. The SMILES string of the molecule is CC(C)(C)NC(=O)C1CCC2CCCCC2N1CC1CC(c2ccc(CO)cc2)OC(c2ccc(NC(=O)CCCCCCC(=O)Nc3ccccc3N)cc2)O1. The summed E-state index contributed by atoms with van der Waals surface area (Å²) in [6, 6.07) is 22.9. The summed E-state index contributed by atoms with van der Waals surface area (Å²) in [7, 11) is 0. The first kappa shape index (κ1) is 42.3. The first-order valence-electron chi connectivity index (χ1n) is 21.1. The monoisotopic (exact) mass is 781 g/mol. The zero-order valence-corrected chi connectivity index (χ0v) is 34.0. The highest BCUT2D eigenvalue weighted by molar-refractivity contribution is 5.93. The second-order valence-corrected chi connectivity index (χ2v) is 17.2. The average Bonchev–Trinajstić information content (AvgIpc) is 3.19. The Labute approximate surface area is 338 Å². The van der Waals surface area contributed by atoms with Crippen LogP contribution >= 0.6 is 0 Å². The van der Waals surface area contributed by atoms with Crippen LogP contribution in [0.4, 0.5) is 17.1 Å². The first-order chi connectivity index (χ1) is 27.5. The molecule has 2 saturated heterocycles. The average molecular weight is 782 g/mol. The van der Waals surface area contributed by atoms with Crippen LogP contribution in [-0.4, -0.2) is 58.0 Å². The quantitative estimate of drug-likeness (QED) is 0.0765. The van der Waals surface area contributed by atoms with Gasteiger partial charge in [-0.3, -0.25) is 19.3 Å². The summed E-state index contributed by atoms with van der Waals surface area (Å²) in [6.45, 7) is 6.72. The minimum atomic E-state index is -0.642. The fraction of sp³-hybridized carbons (Fsp3) is 0.543. The lowest BCUT2D eigenvalue weighted by Crippen LogP contribution is -2.61. The predicted octanol–water partition coefficient (Wildman–Crippen LogP) is 8.16. The van der Waals surface area contributed by atoms with Gasteiger partial charge in [0, 0.05) is 48.6 Å². The van der Waals surface area contributed by atoms with Crippen LogP contribution < -0.4 is 21.7 Å². The highest BCUT2D eigenvalue weighted by Crippen LogP contribution is 2.42. The predicted molar refractivity (Wildman–Crippen MR) is 224 cm³/mol. The zero-order valence-electron chi connectivity index (χ0n) is 34.0. The van der Waals surface area contributed by atoms with Crippen molar-refractivity contribution in [2.75, 3.05) is 22.9 Å². The van der Waals surface area contributed by atoms with Gasteiger partial charge in [-0.1, -0.05) is 74.2 Å². The summed E-state index contributed by atoms with van der Waals surface area (Å²) >= 11 is 0. The van der Waals surface area contributed by atoms with Gasteiger partial charge < -0.3 is 36.3 Å². The highest BCUT2D eigenvalue weighted by atomic mass is 16.7. The second kappa shape index (κ2) is 19.9. The van der Waals surface area contributed by atoms with Gasteiger partial charge in [-0.2, -0.15) is 0 Å². The Morgan fingerprint density at radius 3 is 2.14 bits per heavy atom. The van der Waals surface area contributed by atoms with Gasteiger partial charge in [-0.15, -0.1) is 0 Å². The number of anilines is 3. The third-order valence-corrected chi connectivity index (χ3v) is 11.6. The lowest BCUT2D eigenvalue weighted by Gasteiger charge is -2.50. The van der Waals surface area contributed by atoms with Gasteiger partial charge in [0.25, 0.3) is 0 Å². The summed E-state index contributed by atoms with van der Waals surface area (Å²) in [4.78, 5) is 41.3. The van der Waals surface area contributed by atoms with Crippen LogP contribution in [-0.2, 0) is 30.5 Å². The number of hydrogen-bond acceptors (Lipinski definition) is 8. The van der Waals surface area contributed by atoms with Gasteiger partial charge in [0.15, 0.2) is 6.29 Å². The van der Waals surface area contributed by atoms with Crippen molar-refractivity contribution in [2.45, 2.75) is 147 Å². The Morgan fingerprint density at radius 1 is 0.789 bits per heavy atom. The molecule has 6 rings (SSSR count). The number of unbranched alkanes of at least 4 members (excludes halogenated alkanes) is 3. The molecule has 0 radical (unpaired) electrons. The standard InChI is InChI=1S/C46H63N5O6/c1-46(2,3)50-44(55)40-27-24-32-12-8-11-15-39(32)51(40)29-36-28-41(33-20-18-31(30-52)19-21-33)57-45(56-36)34-22-25-35(26-23-34)48-42(53)16-6-4-5-7-17-43(54)49-38-14-10-9-13-37(38)47/h9-10,13-14,18-23,25-26,32,36,39-41,45,52H,4-8,11-12,15-17,24,27-30,47H2,1-3H3,(H,48,53)(H,49,54)(H,50,55). The fourth-order valence-corrected chi connectivity index (χ4v) is 8.69. The fourth-order valence-electron chi connectivity index (χ4n) is 8.69. The molecular weight excluding hydrogens is 719 g/mol. The second-order valence-electron chi connectivity index (χ2n) is 17.2. The van der Waals surface area contributed by atoms with E-state index in [9.17, 15) is 19.5 Å². The maximum atomic E-state index is 13.8. The van der Waals surface area contributed by atoms with E-state index in [1.165, 1.54) is 19.3 Å². The van der Waals surface area contributed by atoms with Crippen molar-refractivity contribution in [1.29, 1.82) is 0 Å². The number of aliphatic hydroxyl groups is 1. The molecule has 0 bridgehead atoms. The van der Waals surface area contributed by atoms with E-state index in [0.717, 1.165) is 61.6 Å². The smallest absolute Gasteiger partial charge is 0.237 e. The first-order valence-corrected chi connectivity index (χ1v) is 21.1. The van der Waals surface area contributed by atoms with Crippen LogP contribution in [0.15, 0.2) is 72.8 Å². The molecule has 1 saturated carbocycles. The number of ether oxygens (including phenoxy) is 2. The van der Waals surface area contributed by atoms with Crippen LogP contribution in [0.5, 0.6) is 0 Å². The lowest BCUT2D eigenvalue weighted by molar-refractivity contribution is -0.255. The number of piperidine rings is 1. The molecule has 6 atom stereocenters. The topological polar surface area (TPSA) is 155 Å². The lowest BCUT2D eigenvalue weighted by atomic mass is 9.75. The molecule has 11 heteroatoms. The molecular formula is C46H63N5O6. The van der Waals surface area contributed by atoms with Crippen LogP contribution in [0.25, 0.3) is 0 Å². The molecule has 6 unspecified atom stereocenters. The molecule has 0 aromatic heterocycles. The van der Waals surface area contributed by atoms with Crippen LogP contribution in [0.3, 0.4) is 0 Å². The van der Waals surface area contributed by atoms with Crippen LogP contribution in [0.1, 0.15) is 133 Å². The summed E-state index contributed by atoms with van der Waals surface area (Å²) in [5, 5.41) is 18.8. The number of carbonyl (C=O) groups excluding carboxylic acids is 3. The third kappa shape index (κ3) is 12.1. The van der Waals surface area contributed by atoms with E-state index < -0.39 is 6.29 Å². The Morgan fingerprint density at radius 2 is 1.46 bits per heavy atom. The van der Waals surface area contributed by atoms with Crippen LogP contribution in [0.2, 0.25) is 0 Å². The largest absolute Gasteiger partial charge is 0.397 e. The van der Waals surface area contributed by atoms with Gasteiger partial charge in [-0.25, -0.2) is 0 Å². The normalized spacial score (nSPS) is 23.9. The van der Waals surface area contributed by atoms with Gasteiger partial charge in [0.2, 0.25) is 17.7 Å². The minimum absolute atomic E-state index is 0.0230. The number of benzene rings is 3. The summed E-state index contributed by atoms with van der Waals surface area (Å²) in [6.07, 6.45) is 10.2. The number of fused-ring (bicyclic) bond motifs is 1. The molecule has 6 N–H and O–H groups in total. The summed E-state index contributed by atoms with van der Waals surface area (Å²) in [5.74, 6) is 0.578. The number of para-hydroxylation sites is 2. The minimum Gasteiger partial charge on any atom is -0.397 e. The maximum Gasteiger partial charge on any atom is 0.237 e. The molecule has 0 spiro atoms. The number of hydrogen-bond donors (Lipinski definition) is 5. The Kier molecular flexibility index (Phi) is 14.8. The summed E-state index contributed by atoms with van der Waals surface area (Å²) < 4.78 is 13.4. The van der Waals surface area contributed by atoms with Crippen molar-refractivity contribution in [3.63, 3.8) is 0 Å². The van der Waals surface area contributed by atoms with E-state index in [-0.39, 0.29) is 48.1 Å². The molecule has 57 heavy (non-hydrogen) atoms. The van der Waals surface area contributed by atoms with Crippen molar-refractivity contribution in [2.24, 2.45) is 5.92 Å². The van der Waals surface area contributed by atoms with E-state index in [0.29, 0.717) is 54.8 Å². The van der Waals surface area contributed by atoms with Gasteiger partial charge in [-0.05, 0) is 101 Å². The van der Waals surface area contributed by atoms with Crippen molar-refractivity contribution >= 4 is 34.8 Å². The maximum absolute atomic E-state index is 13.8. The van der Waals surface area contributed by atoms with E-state index in [1.807, 2.05) is 81.4 Å². The van der Waals surface area contributed by atoms with Crippen molar-refractivity contribution in [3.8, 4) is 0 Å². The van der Waals surface area contributed by atoms with Crippen molar-refractivity contribution < 1.29 is 29.0 Å². The highest BCUT2D eigenvalue weighted by Gasteiger charge is 2.44.